The van der Waals surface area contributed by atoms with Crippen LogP contribution >= 0.6 is 0 Å². The molecule has 0 aliphatic heterocycles. The Morgan fingerprint density at radius 3 is 1.39 bits per heavy atom. The molecule has 494 valence electrons. The monoisotopic (exact) mass is 1350 g/mol. The molecule has 0 aliphatic carbocycles. The SMILES string of the molecule is c1cc(-c2cccc3ccccc23)cc(-n2c3ccccc3c3c4ccccc4ncc32)c1.c1ccc2c(c1)cc(-c1ccc(-n3c4ccncc4c4c5ccccc5ccc43)cc1)c1ccccc12.c1ccc2c(c1)ncc1c2c2ccccc2n1-c1ccc(-c2cccc3c2oc2ccccc23)cc1. The number of pyridine rings is 3. The molecule has 23 aromatic rings. The second-order valence-electron chi connectivity index (χ2n) is 27.3. The van der Waals surface area contributed by atoms with Crippen molar-refractivity contribution in [3.63, 3.8) is 0 Å². The summed E-state index contributed by atoms with van der Waals surface area (Å²) in [6.07, 6.45) is 7.90. The fourth-order valence-corrected chi connectivity index (χ4v) is 16.8. The van der Waals surface area contributed by atoms with Crippen molar-refractivity contribution in [1.29, 1.82) is 0 Å². The van der Waals surface area contributed by atoms with Crippen LogP contribution in [0.3, 0.4) is 0 Å². The molecular weight excluding hydrogens is 1290 g/mol. The molecule has 0 spiro atoms. The van der Waals surface area contributed by atoms with Gasteiger partial charge in [0.15, 0.2) is 0 Å². The second-order valence-corrected chi connectivity index (χ2v) is 27.3. The van der Waals surface area contributed by atoms with E-state index < -0.39 is 0 Å². The number of nitrogens with zero attached hydrogens (tertiary/aromatic N) is 6. The zero-order chi connectivity index (χ0) is 69.8. The van der Waals surface area contributed by atoms with Crippen molar-refractivity contribution in [1.82, 2.24) is 28.7 Å². The van der Waals surface area contributed by atoms with E-state index >= 15 is 0 Å². The molecule has 16 aromatic carbocycles. The third kappa shape index (κ3) is 9.78. The highest BCUT2D eigenvalue weighted by Crippen LogP contribution is 2.43. The first kappa shape index (κ1) is 60.5. The van der Waals surface area contributed by atoms with Crippen LogP contribution in [0.1, 0.15) is 0 Å². The quantitative estimate of drug-likeness (QED) is 0.156. The minimum Gasteiger partial charge on any atom is -0.455 e. The predicted molar refractivity (Wildman–Crippen MR) is 444 cm³/mol. The van der Waals surface area contributed by atoms with Gasteiger partial charge in [0.05, 0.1) is 56.5 Å². The third-order valence-electron chi connectivity index (χ3n) is 21.5. The first-order chi connectivity index (χ1) is 52.6. The van der Waals surface area contributed by atoms with Crippen molar-refractivity contribution in [2.45, 2.75) is 0 Å². The fourth-order valence-electron chi connectivity index (χ4n) is 16.8. The Bertz CT molecular complexity index is 7460. The largest absolute Gasteiger partial charge is 0.455 e. The number of para-hydroxylation sites is 6. The van der Waals surface area contributed by atoms with Crippen molar-refractivity contribution in [2.75, 3.05) is 0 Å². The van der Waals surface area contributed by atoms with Gasteiger partial charge < -0.3 is 18.1 Å². The molecule has 0 aliphatic rings. The normalized spacial score (nSPS) is 11.8. The smallest absolute Gasteiger partial charge is 0.143 e. The standard InChI is InChI=1S/C35H22N2.C33H20N2O.C31H20N2/c1-4-10-28-23(7-1)15-18-34-35(28)32-22-36-20-19-33(32)37(34)26-16-13-24(14-17-26)31-21-25-8-2-3-9-27(25)29-11-5-6-12-30(29)31;1-4-13-28-26(9-1)32-27-10-2-5-14-29(27)35(30(32)20-34-28)22-18-16-21(17-19-22)23-11-7-12-25-24-8-3-6-15-31(24)36-33(23)25;1-2-13-24-21(9-1)10-8-16-25(24)22-11-7-12-23(19-22)33-29-18-6-4-15-27(29)31-26-14-3-5-17-28(26)32-20-30(31)33/h1-22H;1-20H;1-20H. The maximum Gasteiger partial charge on any atom is 0.143 e. The van der Waals surface area contributed by atoms with Crippen LogP contribution in [0, 0.1) is 0 Å². The van der Waals surface area contributed by atoms with E-state index in [0.717, 1.165) is 72.2 Å². The Kier molecular flexibility index (Phi) is 14.1. The van der Waals surface area contributed by atoms with Gasteiger partial charge in [-0.25, -0.2) is 0 Å². The summed E-state index contributed by atoms with van der Waals surface area (Å²) >= 11 is 0. The topological polar surface area (TPSA) is 66.6 Å². The molecule has 0 amide bonds. The van der Waals surface area contributed by atoms with E-state index in [4.69, 9.17) is 14.4 Å². The third-order valence-corrected chi connectivity index (χ3v) is 21.5. The Morgan fingerprint density at radius 2 is 0.698 bits per heavy atom. The van der Waals surface area contributed by atoms with Crippen LogP contribution in [-0.4, -0.2) is 28.7 Å². The highest BCUT2D eigenvalue weighted by Gasteiger charge is 2.21. The molecule has 0 N–H and O–H groups in total. The van der Waals surface area contributed by atoms with Gasteiger partial charge in [-0.2, -0.15) is 0 Å². The van der Waals surface area contributed by atoms with E-state index in [-0.39, 0.29) is 0 Å². The molecule has 0 saturated heterocycles. The number of hydrogen-bond acceptors (Lipinski definition) is 4. The van der Waals surface area contributed by atoms with Gasteiger partial charge in [-0.15, -0.1) is 0 Å². The molecule has 7 nitrogen and oxygen atoms in total. The Morgan fingerprint density at radius 1 is 0.226 bits per heavy atom. The minimum atomic E-state index is 0.918. The summed E-state index contributed by atoms with van der Waals surface area (Å²) in [5.74, 6) is 0. The van der Waals surface area contributed by atoms with E-state index in [1.54, 1.807) is 0 Å². The average molecular weight is 1350 g/mol. The van der Waals surface area contributed by atoms with E-state index in [0.29, 0.717) is 0 Å². The lowest BCUT2D eigenvalue weighted by Gasteiger charge is -2.13. The summed E-state index contributed by atoms with van der Waals surface area (Å²) in [7, 11) is 0. The molecule has 0 unspecified atom stereocenters. The van der Waals surface area contributed by atoms with Gasteiger partial charge in [0.1, 0.15) is 11.2 Å². The van der Waals surface area contributed by atoms with E-state index in [1.165, 1.54) is 131 Å². The van der Waals surface area contributed by atoms with Crippen molar-refractivity contribution in [3.05, 3.63) is 377 Å². The van der Waals surface area contributed by atoms with Crippen molar-refractivity contribution in [3.8, 4) is 50.4 Å². The van der Waals surface area contributed by atoms with Crippen molar-refractivity contribution < 1.29 is 4.42 Å². The molecule has 0 bridgehead atoms. The van der Waals surface area contributed by atoms with Gasteiger partial charge in [-0.3, -0.25) is 15.0 Å². The van der Waals surface area contributed by atoms with Crippen LogP contribution in [-0.2, 0) is 0 Å². The molecule has 0 atom stereocenters. The lowest BCUT2D eigenvalue weighted by atomic mass is 9.93. The molecule has 7 aromatic heterocycles. The average Bonchev–Trinajstić information content (AvgIpc) is 1.56. The summed E-state index contributed by atoms with van der Waals surface area (Å²) in [6.45, 7) is 0. The summed E-state index contributed by atoms with van der Waals surface area (Å²) in [6, 6.07) is 125. The van der Waals surface area contributed by atoms with Crippen LogP contribution in [0.5, 0.6) is 0 Å². The molecule has 0 saturated carbocycles. The van der Waals surface area contributed by atoms with Gasteiger partial charge in [-0.05, 0) is 156 Å². The molecular formula is C99H62N6O. The molecule has 7 heterocycles. The Hall–Kier alpha value is -14.3. The lowest BCUT2D eigenvalue weighted by molar-refractivity contribution is 0.670. The Balaban J connectivity index is 0.000000102. The zero-order valence-electron chi connectivity index (χ0n) is 57.4. The molecule has 0 radical (unpaired) electrons. The van der Waals surface area contributed by atoms with Gasteiger partial charge in [0.25, 0.3) is 0 Å². The highest BCUT2D eigenvalue weighted by molar-refractivity contribution is 6.24. The molecule has 7 heteroatoms. The number of furan rings is 1. The van der Waals surface area contributed by atoms with Crippen molar-refractivity contribution in [2.24, 2.45) is 0 Å². The van der Waals surface area contributed by atoms with E-state index in [1.807, 2.05) is 49.1 Å². The molecule has 106 heavy (non-hydrogen) atoms. The van der Waals surface area contributed by atoms with E-state index in [2.05, 4.69) is 346 Å². The van der Waals surface area contributed by atoms with Crippen LogP contribution in [0.4, 0.5) is 0 Å². The van der Waals surface area contributed by atoms with Gasteiger partial charge in [-0.1, -0.05) is 267 Å². The lowest BCUT2D eigenvalue weighted by Crippen LogP contribution is -1.95. The number of fused-ring (bicyclic) bond motifs is 22. The second kappa shape index (κ2) is 24.8. The predicted octanol–water partition coefficient (Wildman–Crippen LogP) is 26.4. The van der Waals surface area contributed by atoms with Gasteiger partial charge in [0.2, 0.25) is 0 Å². The highest BCUT2D eigenvalue weighted by atomic mass is 16.3. The first-order valence-electron chi connectivity index (χ1n) is 36.0. The van der Waals surface area contributed by atoms with Gasteiger partial charge >= 0.3 is 0 Å². The zero-order valence-corrected chi connectivity index (χ0v) is 57.4. The Labute approximate surface area is 608 Å². The summed E-state index contributed by atoms with van der Waals surface area (Å²) in [5.41, 5.74) is 21.5. The van der Waals surface area contributed by atoms with Crippen LogP contribution in [0.2, 0.25) is 0 Å². The van der Waals surface area contributed by atoms with Crippen LogP contribution in [0.25, 0.3) is 203 Å². The fraction of sp³-hybridized carbons (Fsp3) is 0. The summed E-state index contributed by atoms with van der Waals surface area (Å²) in [5, 5.41) is 22.3. The summed E-state index contributed by atoms with van der Waals surface area (Å²) in [4.78, 5) is 14.0. The number of hydrogen-bond donors (Lipinski definition) is 0. The number of benzene rings is 16. The van der Waals surface area contributed by atoms with E-state index in [9.17, 15) is 0 Å². The minimum absolute atomic E-state index is 0.918. The molecule has 23 rings (SSSR count). The first-order valence-corrected chi connectivity index (χ1v) is 36.0. The number of aromatic nitrogens is 6. The van der Waals surface area contributed by atoms with Crippen LogP contribution < -0.4 is 0 Å². The molecule has 0 fully saturated rings. The maximum atomic E-state index is 6.28. The maximum absolute atomic E-state index is 6.28. The number of rotatable bonds is 6. The van der Waals surface area contributed by atoms with Crippen LogP contribution in [0.15, 0.2) is 381 Å². The van der Waals surface area contributed by atoms with Gasteiger partial charge in [0, 0.05) is 88.9 Å². The summed E-state index contributed by atoms with van der Waals surface area (Å²) < 4.78 is 13.3. The van der Waals surface area contributed by atoms with Crippen molar-refractivity contribution >= 4 is 152 Å².